The molecule has 0 spiro atoms. The van der Waals surface area contributed by atoms with E-state index in [0.29, 0.717) is 19.4 Å². The average Bonchev–Trinajstić information content (AvgIpc) is 2.77. The van der Waals surface area contributed by atoms with Gasteiger partial charge in [0.15, 0.2) is 9.84 Å². The maximum atomic E-state index is 11.6. The van der Waals surface area contributed by atoms with E-state index in [1.54, 1.807) is 0 Å². The van der Waals surface area contributed by atoms with Crippen LogP contribution in [-0.2, 0) is 21.2 Å². The average molecular weight is 289 g/mol. The van der Waals surface area contributed by atoms with Crippen LogP contribution in [0.3, 0.4) is 0 Å². The first-order valence-corrected chi connectivity index (χ1v) is 8.35. The van der Waals surface area contributed by atoms with E-state index < -0.39 is 21.3 Å². The summed E-state index contributed by atoms with van der Waals surface area (Å²) >= 11 is 1.52. The lowest BCUT2D eigenvalue weighted by molar-refractivity contribution is -0.144. The van der Waals surface area contributed by atoms with Crippen molar-refractivity contribution in [2.75, 3.05) is 11.5 Å². The maximum absolute atomic E-state index is 11.6. The van der Waals surface area contributed by atoms with Crippen LogP contribution in [0.15, 0.2) is 17.5 Å². The van der Waals surface area contributed by atoms with Crippen molar-refractivity contribution < 1.29 is 18.3 Å². The summed E-state index contributed by atoms with van der Waals surface area (Å²) in [4.78, 5) is 12.4. The molecule has 0 amide bonds. The standard InChI is InChI=1S/C11H15NO4S2/c13-10(14)11(4-2-6-18(15,16)8-11)12-7-9-3-1-5-17-9/h1,3,5,12H,2,4,6-8H2,(H,13,14). The topological polar surface area (TPSA) is 83.5 Å². The predicted octanol–water partition coefficient (Wildman–Crippen LogP) is 0.870. The minimum atomic E-state index is -3.27. The number of hydrogen-bond donors (Lipinski definition) is 2. The zero-order valence-electron chi connectivity index (χ0n) is 9.76. The van der Waals surface area contributed by atoms with Gasteiger partial charge in [-0.15, -0.1) is 11.3 Å². The number of rotatable bonds is 4. The third-order valence-corrected chi connectivity index (χ3v) is 5.84. The lowest BCUT2D eigenvalue weighted by Gasteiger charge is -2.33. The monoisotopic (exact) mass is 289 g/mol. The summed E-state index contributed by atoms with van der Waals surface area (Å²) in [5.41, 5.74) is -1.33. The molecule has 1 fully saturated rings. The third kappa shape index (κ3) is 2.90. The van der Waals surface area contributed by atoms with Gasteiger partial charge in [-0.05, 0) is 24.3 Å². The van der Waals surface area contributed by atoms with Crippen LogP contribution in [0, 0.1) is 0 Å². The second-order valence-electron chi connectivity index (χ2n) is 4.52. The highest BCUT2D eigenvalue weighted by molar-refractivity contribution is 7.91. The van der Waals surface area contributed by atoms with Crippen molar-refractivity contribution in [2.45, 2.75) is 24.9 Å². The van der Waals surface area contributed by atoms with Gasteiger partial charge >= 0.3 is 5.97 Å². The molecule has 1 aliphatic rings. The molecule has 1 aliphatic heterocycles. The van der Waals surface area contributed by atoms with Gasteiger partial charge in [-0.1, -0.05) is 6.07 Å². The van der Waals surface area contributed by atoms with E-state index in [-0.39, 0.29) is 11.5 Å². The Kier molecular flexibility index (Phi) is 3.74. The number of thiophene rings is 1. The molecule has 5 nitrogen and oxygen atoms in total. The number of carbonyl (C=O) groups is 1. The number of carboxylic acid groups (broad SMARTS) is 1. The Morgan fingerprint density at radius 1 is 1.56 bits per heavy atom. The second-order valence-corrected chi connectivity index (χ2v) is 7.73. The van der Waals surface area contributed by atoms with Gasteiger partial charge < -0.3 is 5.11 Å². The molecule has 0 saturated carbocycles. The summed E-state index contributed by atoms with van der Waals surface area (Å²) in [6, 6.07) is 3.78. The molecule has 1 unspecified atom stereocenters. The van der Waals surface area contributed by atoms with Crippen LogP contribution in [0.4, 0.5) is 0 Å². The summed E-state index contributed by atoms with van der Waals surface area (Å²) in [6.45, 7) is 0.388. The van der Waals surface area contributed by atoms with Crippen LogP contribution in [0.2, 0.25) is 0 Å². The smallest absolute Gasteiger partial charge is 0.324 e. The summed E-state index contributed by atoms with van der Waals surface area (Å²) < 4.78 is 23.3. The normalized spacial score (nSPS) is 26.9. The Bertz CT molecular complexity index is 523. The highest BCUT2D eigenvalue weighted by Gasteiger charge is 2.45. The van der Waals surface area contributed by atoms with Crippen molar-refractivity contribution in [1.82, 2.24) is 5.32 Å². The van der Waals surface area contributed by atoms with Crippen molar-refractivity contribution in [3.05, 3.63) is 22.4 Å². The van der Waals surface area contributed by atoms with Gasteiger partial charge in [0.25, 0.3) is 0 Å². The fourth-order valence-electron chi connectivity index (χ4n) is 2.17. The molecular weight excluding hydrogens is 274 g/mol. The van der Waals surface area contributed by atoms with Gasteiger partial charge in [0, 0.05) is 11.4 Å². The number of carboxylic acids is 1. The molecule has 1 saturated heterocycles. The van der Waals surface area contributed by atoms with Gasteiger partial charge in [0.2, 0.25) is 0 Å². The molecule has 18 heavy (non-hydrogen) atoms. The van der Waals surface area contributed by atoms with Crippen LogP contribution in [0.5, 0.6) is 0 Å². The van der Waals surface area contributed by atoms with Gasteiger partial charge in [-0.3, -0.25) is 10.1 Å². The molecule has 0 bridgehead atoms. The van der Waals surface area contributed by atoms with Gasteiger partial charge in [0.05, 0.1) is 11.5 Å². The fraction of sp³-hybridized carbons (Fsp3) is 0.545. The molecular formula is C11H15NO4S2. The highest BCUT2D eigenvalue weighted by Crippen LogP contribution is 2.24. The lowest BCUT2D eigenvalue weighted by atomic mass is 9.95. The van der Waals surface area contributed by atoms with E-state index in [0.717, 1.165) is 4.88 Å². The number of aliphatic carboxylic acids is 1. The highest BCUT2D eigenvalue weighted by atomic mass is 32.2. The van der Waals surface area contributed by atoms with E-state index >= 15 is 0 Å². The summed E-state index contributed by atoms with van der Waals surface area (Å²) in [5, 5.41) is 14.2. The van der Waals surface area contributed by atoms with Crippen molar-refractivity contribution in [3.63, 3.8) is 0 Å². The predicted molar refractivity (Wildman–Crippen MR) is 69.4 cm³/mol. The fourth-order valence-corrected chi connectivity index (χ4v) is 4.66. The first-order valence-electron chi connectivity index (χ1n) is 5.65. The van der Waals surface area contributed by atoms with E-state index in [4.69, 9.17) is 0 Å². The van der Waals surface area contributed by atoms with Crippen LogP contribution in [-0.4, -0.2) is 36.5 Å². The summed E-state index contributed by atoms with van der Waals surface area (Å²) in [7, 11) is -3.27. The molecule has 100 valence electrons. The number of hydrogen-bond acceptors (Lipinski definition) is 5. The minimum absolute atomic E-state index is 0.0860. The lowest BCUT2D eigenvalue weighted by Crippen LogP contribution is -2.58. The Balaban J connectivity index is 2.14. The van der Waals surface area contributed by atoms with Gasteiger partial charge in [-0.25, -0.2) is 8.42 Å². The number of nitrogens with one attached hydrogen (secondary N) is 1. The maximum Gasteiger partial charge on any atom is 0.324 e. The van der Waals surface area contributed by atoms with Crippen LogP contribution in [0.25, 0.3) is 0 Å². The van der Waals surface area contributed by atoms with Crippen LogP contribution >= 0.6 is 11.3 Å². The van der Waals surface area contributed by atoms with E-state index in [9.17, 15) is 18.3 Å². The molecule has 1 atom stereocenters. The molecule has 1 aromatic rings. The summed E-state index contributed by atoms with van der Waals surface area (Å²) in [5.74, 6) is -1.31. The molecule has 2 N–H and O–H groups in total. The van der Waals surface area contributed by atoms with E-state index in [1.165, 1.54) is 11.3 Å². The van der Waals surface area contributed by atoms with Crippen LogP contribution < -0.4 is 5.32 Å². The Labute approximate surface area is 110 Å². The Morgan fingerprint density at radius 3 is 2.89 bits per heavy atom. The molecule has 0 radical (unpaired) electrons. The van der Waals surface area contributed by atoms with E-state index in [1.807, 2.05) is 17.5 Å². The molecule has 1 aromatic heterocycles. The Morgan fingerprint density at radius 2 is 2.33 bits per heavy atom. The Hall–Kier alpha value is -0.920. The second kappa shape index (κ2) is 4.99. The summed E-state index contributed by atoms with van der Waals surface area (Å²) in [6.07, 6.45) is 0.749. The minimum Gasteiger partial charge on any atom is -0.480 e. The first kappa shape index (κ1) is 13.5. The number of sulfone groups is 1. The van der Waals surface area contributed by atoms with Crippen LogP contribution in [0.1, 0.15) is 17.7 Å². The zero-order chi connectivity index (χ0) is 13.2. The van der Waals surface area contributed by atoms with Crippen molar-refractivity contribution in [3.8, 4) is 0 Å². The largest absolute Gasteiger partial charge is 0.480 e. The molecule has 2 rings (SSSR count). The third-order valence-electron chi connectivity index (χ3n) is 3.12. The van der Waals surface area contributed by atoms with Gasteiger partial charge in [-0.2, -0.15) is 0 Å². The van der Waals surface area contributed by atoms with Gasteiger partial charge in [0.1, 0.15) is 5.54 Å². The molecule has 7 heteroatoms. The van der Waals surface area contributed by atoms with Crippen molar-refractivity contribution in [1.29, 1.82) is 0 Å². The van der Waals surface area contributed by atoms with E-state index in [2.05, 4.69) is 5.32 Å². The quantitative estimate of drug-likeness (QED) is 0.859. The van der Waals surface area contributed by atoms with Crippen molar-refractivity contribution >= 4 is 27.1 Å². The zero-order valence-corrected chi connectivity index (χ0v) is 11.4. The molecule has 0 aromatic carbocycles. The SMILES string of the molecule is O=C(O)C1(NCc2cccs2)CCCS(=O)(=O)C1. The molecule has 2 heterocycles. The first-order chi connectivity index (χ1) is 8.44. The van der Waals surface area contributed by atoms with Crippen molar-refractivity contribution in [2.24, 2.45) is 0 Å². The molecule has 0 aliphatic carbocycles.